The van der Waals surface area contributed by atoms with Crippen LogP contribution in [0.5, 0.6) is 0 Å². The minimum absolute atomic E-state index is 0.0242. The Morgan fingerprint density at radius 3 is 2.38 bits per heavy atom. The van der Waals surface area contributed by atoms with E-state index in [1.165, 1.54) is 0 Å². The van der Waals surface area contributed by atoms with Gasteiger partial charge in [0.2, 0.25) is 0 Å². The lowest BCUT2D eigenvalue weighted by Gasteiger charge is -2.20. The standard InChI is InChI=1S/C12H17BrN2O/c1-8(2)11(7-14)15-12(16)9-3-5-10(13)6-4-9/h3-6,8,11H,7,14H2,1-2H3,(H,15,16). The van der Waals surface area contributed by atoms with E-state index in [2.05, 4.69) is 21.2 Å². The molecule has 1 amide bonds. The number of benzene rings is 1. The number of hydrogen-bond acceptors (Lipinski definition) is 2. The van der Waals surface area contributed by atoms with Crippen LogP contribution in [0.4, 0.5) is 0 Å². The molecule has 0 aliphatic heterocycles. The molecule has 1 atom stereocenters. The second kappa shape index (κ2) is 6.01. The molecule has 0 heterocycles. The molecule has 1 aromatic carbocycles. The molecule has 0 bridgehead atoms. The molecule has 88 valence electrons. The molecule has 1 rings (SSSR count). The lowest BCUT2D eigenvalue weighted by atomic mass is 10.0. The largest absolute Gasteiger partial charge is 0.348 e. The monoisotopic (exact) mass is 284 g/mol. The SMILES string of the molecule is CC(C)C(CN)NC(=O)c1ccc(Br)cc1. The minimum Gasteiger partial charge on any atom is -0.348 e. The van der Waals surface area contributed by atoms with E-state index in [9.17, 15) is 4.79 Å². The molecule has 0 fully saturated rings. The zero-order chi connectivity index (χ0) is 12.1. The lowest BCUT2D eigenvalue weighted by Crippen LogP contribution is -2.43. The Morgan fingerprint density at radius 1 is 1.38 bits per heavy atom. The third-order valence-electron chi connectivity index (χ3n) is 2.48. The Labute approximate surface area is 105 Å². The fourth-order valence-corrected chi connectivity index (χ4v) is 1.62. The maximum Gasteiger partial charge on any atom is 0.251 e. The molecule has 0 aromatic heterocycles. The predicted molar refractivity (Wildman–Crippen MR) is 69.3 cm³/mol. The Bertz CT molecular complexity index is 349. The molecule has 1 unspecified atom stereocenters. The van der Waals surface area contributed by atoms with Gasteiger partial charge in [0.25, 0.3) is 5.91 Å². The molecule has 3 nitrogen and oxygen atoms in total. The van der Waals surface area contributed by atoms with Gasteiger partial charge < -0.3 is 11.1 Å². The predicted octanol–water partition coefficient (Wildman–Crippen LogP) is 2.16. The average Bonchev–Trinajstić information content (AvgIpc) is 2.26. The topological polar surface area (TPSA) is 55.1 Å². The Hall–Kier alpha value is -0.870. The summed E-state index contributed by atoms with van der Waals surface area (Å²) in [4.78, 5) is 11.8. The quantitative estimate of drug-likeness (QED) is 0.890. The Morgan fingerprint density at radius 2 is 1.94 bits per heavy atom. The molecule has 0 aliphatic carbocycles. The highest BCUT2D eigenvalue weighted by molar-refractivity contribution is 9.10. The Balaban J connectivity index is 2.68. The number of nitrogens with two attached hydrogens (primary N) is 1. The molecular formula is C12H17BrN2O. The first-order valence-electron chi connectivity index (χ1n) is 5.31. The number of amides is 1. The van der Waals surface area contributed by atoms with Crippen LogP contribution in [-0.4, -0.2) is 18.5 Å². The summed E-state index contributed by atoms with van der Waals surface area (Å²) in [5, 5.41) is 2.92. The third-order valence-corrected chi connectivity index (χ3v) is 3.01. The zero-order valence-corrected chi connectivity index (χ0v) is 11.1. The lowest BCUT2D eigenvalue weighted by molar-refractivity contribution is 0.0928. The van der Waals surface area contributed by atoms with Gasteiger partial charge in [-0.3, -0.25) is 4.79 Å². The van der Waals surface area contributed by atoms with E-state index in [4.69, 9.17) is 5.73 Å². The van der Waals surface area contributed by atoms with E-state index >= 15 is 0 Å². The fourth-order valence-electron chi connectivity index (χ4n) is 1.35. The summed E-state index contributed by atoms with van der Waals surface area (Å²) in [6.45, 7) is 4.54. The molecule has 0 spiro atoms. The number of halogens is 1. The van der Waals surface area contributed by atoms with Crippen molar-refractivity contribution >= 4 is 21.8 Å². The zero-order valence-electron chi connectivity index (χ0n) is 9.53. The van der Waals surface area contributed by atoms with Crippen molar-refractivity contribution in [1.29, 1.82) is 0 Å². The number of carbonyl (C=O) groups excluding carboxylic acids is 1. The van der Waals surface area contributed by atoms with E-state index in [1.807, 2.05) is 26.0 Å². The third kappa shape index (κ3) is 3.61. The van der Waals surface area contributed by atoms with Crippen molar-refractivity contribution < 1.29 is 4.79 Å². The van der Waals surface area contributed by atoms with E-state index in [0.717, 1.165) is 4.47 Å². The minimum atomic E-state index is -0.0725. The van der Waals surface area contributed by atoms with Gasteiger partial charge in [-0.2, -0.15) is 0 Å². The van der Waals surface area contributed by atoms with Crippen LogP contribution >= 0.6 is 15.9 Å². The second-order valence-corrected chi connectivity index (χ2v) is 4.98. The molecule has 3 N–H and O–H groups in total. The van der Waals surface area contributed by atoms with Crippen LogP contribution in [0.3, 0.4) is 0 Å². The van der Waals surface area contributed by atoms with Crippen LogP contribution < -0.4 is 11.1 Å². The second-order valence-electron chi connectivity index (χ2n) is 4.07. The molecule has 16 heavy (non-hydrogen) atoms. The number of carbonyl (C=O) groups is 1. The maximum atomic E-state index is 11.8. The summed E-state index contributed by atoms with van der Waals surface area (Å²) in [5.41, 5.74) is 6.26. The summed E-state index contributed by atoms with van der Waals surface area (Å²) in [5.74, 6) is 0.265. The highest BCUT2D eigenvalue weighted by Gasteiger charge is 2.15. The van der Waals surface area contributed by atoms with Crippen LogP contribution in [0.2, 0.25) is 0 Å². The van der Waals surface area contributed by atoms with Gasteiger partial charge in [0.15, 0.2) is 0 Å². The van der Waals surface area contributed by atoms with Crippen LogP contribution in [-0.2, 0) is 0 Å². The summed E-state index contributed by atoms with van der Waals surface area (Å²) in [6, 6.07) is 7.29. The number of hydrogen-bond donors (Lipinski definition) is 2. The molecule has 0 saturated heterocycles. The van der Waals surface area contributed by atoms with Gasteiger partial charge in [-0.1, -0.05) is 29.8 Å². The van der Waals surface area contributed by atoms with Crippen molar-refractivity contribution in [3.63, 3.8) is 0 Å². The Kier molecular flexibility index (Phi) is 4.96. The van der Waals surface area contributed by atoms with E-state index in [1.54, 1.807) is 12.1 Å². The summed E-state index contributed by atoms with van der Waals surface area (Å²) >= 11 is 3.33. The average molecular weight is 285 g/mol. The van der Waals surface area contributed by atoms with E-state index < -0.39 is 0 Å². The van der Waals surface area contributed by atoms with Gasteiger partial charge in [-0.25, -0.2) is 0 Å². The van der Waals surface area contributed by atoms with Crippen LogP contribution in [0, 0.1) is 5.92 Å². The van der Waals surface area contributed by atoms with E-state index in [-0.39, 0.29) is 11.9 Å². The van der Waals surface area contributed by atoms with Gasteiger partial charge in [-0.15, -0.1) is 0 Å². The van der Waals surface area contributed by atoms with Crippen molar-refractivity contribution in [1.82, 2.24) is 5.32 Å². The molecule has 1 aromatic rings. The van der Waals surface area contributed by atoms with Crippen LogP contribution in [0.1, 0.15) is 24.2 Å². The first-order valence-corrected chi connectivity index (χ1v) is 6.10. The smallest absolute Gasteiger partial charge is 0.251 e. The summed E-state index contributed by atoms with van der Waals surface area (Å²) < 4.78 is 0.961. The van der Waals surface area contributed by atoms with Gasteiger partial charge in [0.1, 0.15) is 0 Å². The number of nitrogens with one attached hydrogen (secondary N) is 1. The molecule has 0 saturated carbocycles. The highest BCUT2D eigenvalue weighted by atomic mass is 79.9. The molecule has 4 heteroatoms. The van der Waals surface area contributed by atoms with Crippen molar-refractivity contribution in [2.24, 2.45) is 11.7 Å². The van der Waals surface area contributed by atoms with Gasteiger partial charge in [0.05, 0.1) is 0 Å². The van der Waals surface area contributed by atoms with Gasteiger partial charge >= 0.3 is 0 Å². The van der Waals surface area contributed by atoms with Crippen LogP contribution in [0.25, 0.3) is 0 Å². The first-order chi connectivity index (χ1) is 7.54. The number of rotatable bonds is 4. The summed E-state index contributed by atoms with van der Waals surface area (Å²) in [7, 11) is 0. The van der Waals surface area contributed by atoms with Gasteiger partial charge in [-0.05, 0) is 30.2 Å². The molecule has 0 radical (unpaired) electrons. The van der Waals surface area contributed by atoms with Crippen molar-refractivity contribution in [3.8, 4) is 0 Å². The van der Waals surface area contributed by atoms with Crippen molar-refractivity contribution in [3.05, 3.63) is 34.3 Å². The molecular weight excluding hydrogens is 268 g/mol. The van der Waals surface area contributed by atoms with Crippen molar-refractivity contribution in [2.75, 3.05) is 6.54 Å². The van der Waals surface area contributed by atoms with Crippen LogP contribution in [0.15, 0.2) is 28.7 Å². The maximum absolute atomic E-state index is 11.8. The van der Waals surface area contributed by atoms with Gasteiger partial charge in [0, 0.05) is 22.6 Å². The first kappa shape index (κ1) is 13.2. The molecule has 0 aliphatic rings. The summed E-state index contributed by atoms with van der Waals surface area (Å²) in [6.07, 6.45) is 0. The van der Waals surface area contributed by atoms with E-state index in [0.29, 0.717) is 18.0 Å². The van der Waals surface area contributed by atoms with Crippen molar-refractivity contribution in [2.45, 2.75) is 19.9 Å². The highest BCUT2D eigenvalue weighted by Crippen LogP contribution is 2.11. The fraction of sp³-hybridized carbons (Fsp3) is 0.417. The normalized spacial score (nSPS) is 12.6.